The molecule has 0 saturated carbocycles. The molecule has 24 heavy (non-hydrogen) atoms. The maximum absolute atomic E-state index is 14.3. The van der Waals surface area contributed by atoms with Crippen molar-refractivity contribution in [3.8, 4) is 16.9 Å². The molecule has 2 N–H and O–H groups in total. The van der Waals surface area contributed by atoms with Crippen molar-refractivity contribution >= 4 is 11.6 Å². The second kappa shape index (κ2) is 6.54. The maximum atomic E-state index is 14.3. The van der Waals surface area contributed by atoms with Gasteiger partial charge in [-0.15, -0.1) is 0 Å². The van der Waals surface area contributed by atoms with Crippen molar-refractivity contribution in [1.82, 2.24) is 0 Å². The van der Waals surface area contributed by atoms with Gasteiger partial charge in [-0.2, -0.15) is 0 Å². The highest BCUT2D eigenvalue weighted by Gasteiger charge is 2.14. The van der Waals surface area contributed by atoms with Crippen molar-refractivity contribution in [3.63, 3.8) is 0 Å². The predicted octanol–water partition coefficient (Wildman–Crippen LogP) is 4.76. The number of rotatable bonds is 3. The van der Waals surface area contributed by atoms with Crippen molar-refractivity contribution in [3.05, 3.63) is 83.7 Å². The molecule has 0 saturated heterocycles. The van der Waals surface area contributed by atoms with Crippen LogP contribution in [-0.4, -0.2) is 11.0 Å². The van der Waals surface area contributed by atoms with E-state index in [1.165, 1.54) is 18.2 Å². The minimum absolute atomic E-state index is 0.0671. The van der Waals surface area contributed by atoms with Crippen LogP contribution in [0.4, 0.5) is 10.1 Å². The number of aryl methyl sites for hydroxylation is 1. The second-order valence-corrected chi connectivity index (χ2v) is 5.53. The Morgan fingerprint density at radius 1 is 0.958 bits per heavy atom. The van der Waals surface area contributed by atoms with Crippen LogP contribution in [0.1, 0.15) is 15.9 Å². The van der Waals surface area contributed by atoms with Gasteiger partial charge in [-0.05, 0) is 42.3 Å². The molecule has 0 aliphatic heterocycles. The third-order valence-electron chi connectivity index (χ3n) is 3.75. The van der Waals surface area contributed by atoms with Gasteiger partial charge in [0.2, 0.25) is 0 Å². The van der Waals surface area contributed by atoms with E-state index in [1.54, 1.807) is 24.3 Å². The fourth-order valence-corrected chi connectivity index (χ4v) is 2.39. The number of hydrogen-bond donors (Lipinski definition) is 2. The molecule has 3 nitrogen and oxygen atoms in total. The summed E-state index contributed by atoms with van der Waals surface area (Å²) in [5.41, 5.74) is 2.87. The first kappa shape index (κ1) is 15.7. The number of phenolic OH excluding ortho intramolecular Hbond substituents is 1. The zero-order chi connectivity index (χ0) is 17.1. The fraction of sp³-hybridized carbons (Fsp3) is 0.0500. The topological polar surface area (TPSA) is 49.3 Å². The number of hydrogen-bond acceptors (Lipinski definition) is 2. The first-order valence-corrected chi connectivity index (χ1v) is 7.50. The molecule has 0 aromatic heterocycles. The summed E-state index contributed by atoms with van der Waals surface area (Å²) in [7, 11) is 0. The fourth-order valence-electron chi connectivity index (χ4n) is 2.39. The van der Waals surface area contributed by atoms with Crippen LogP contribution >= 0.6 is 0 Å². The van der Waals surface area contributed by atoms with Gasteiger partial charge in [0.05, 0.1) is 11.3 Å². The van der Waals surface area contributed by atoms with Gasteiger partial charge in [0, 0.05) is 0 Å². The molecule has 0 fully saturated rings. The van der Waals surface area contributed by atoms with Crippen molar-refractivity contribution < 1.29 is 14.3 Å². The number of amides is 1. The summed E-state index contributed by atoms with van der Waals surface area (Å²) >= 11 is 0. The van der Waals surface area contributed by atoms with Crippen LogP contribution in [0.5, 0.6) is 5.75 Å². The highest BCUT2D eigenvalue weighted by molar-refractivity contribution is 6.05. The molecule has 3 rings (SSSR count). The Morgan fingerprint density at radius 2 is 1.62 bits per heavy atom. The van der Waals surface area contributed by atoms with E-state index in [0.717, 1.165) is 11.1 Å². The Kier molecular flexibility index (Phi) is 4.29. The third kappa shape index (κ3) is 3.27. The second-order valence-electron chi connectivity index (χ2n) is 5.53. The van der Waals surface area contributed by atoms with Crippen LogP contribution in [-0.2, 0) is 0 Å². The van der Waals surface area contributed by atoms with Gasteiger partial charge in [0.25, 0.3) is 5.91 Å². The number of carbonyl (C=O) groups excluding carboxylic acids is 1. The lowest BCUT2D eigenvalue weighted by molar-refractivity contribution is 0.102. The third-order valence-corrected chi connectivity index (χ3v) is 3.75. The minimum atomic E-state index is -0.610. The van der Waals surface area contributed by atoms with Crippen molar-refractivity contribution in [2.75, 3.05) is 5.32 Å². The monoisotopic (exact) mass is 321 g/mol. The molecule has 0 heterocycles. The van der Waals surface area contributed by atoms with Crippen molar-refractivity contribution in [1.29, 1.82) is 0 Å². The molecule has 0 unspecified atom stereocenters. The number of aromatic hydroxyl groups is 1. The lowest BCUT2D eigenvalue weighted by atomic mass is 10.0. The minimum Gasteiger partial charge on any atom is -0.506 e. The smallest absolute Gasteiger partial charge is 0.258 e. The van der Waals surface area contributed by atoms with Gasteiger partial charge in [-0.25, -0.2) is 4.39 Å². The number of halogens is 1. The summed E-state index contributed by atoms with van der Waals surface area (Å²) in [5, 5.41) is 12.2. The highest BCUT2D eigenvalue weighted by atomic mass is 19.1. The van der Waals surface area contributed by atoms with Crippen molar-refractivity contribution in [2.24, 2.45) is 0 Å². The molecule has 1 amide bonds. The Bertz CT molecular complexity index is 888. The molecular weight excluding hydrogens is 305 g/mol. The van der Waals surface area contributed by atoms with E-state index >= 15 is 0 Å². The molecule has 0 bridgehead atoms. The highest BCUT2D eigenvalue weighted by Crippen LogP contribution is 2.25. The first-order chi connectivity index (χ1) is 11.5. The normalized spacial score (nSPS) is 10.4. The van der Waals surface area contributed by atoms with Crippen LogP contribution in [0.2, 0.25) is 0 Å². The molecule has 4 heteroatoms. The summed E-state index contributed by atoms with van der Waals surface area (Å²) < 4.78 is 14.3. The van der Waals surface area contributed by atoms with Gasteiger partial charge in [0.1, 0.15) is 11.6 Å². The quantitative estimate of drug-likeness (QED) is 0.683. The van der Waals surface area contributed by atoms with Gasteiger partial charge < -0.3 is 10.4 Å². The average Bonchev–Trinajstić information content (AvgIpc) is 2.57. The van der Waals surface area contributed by atoms with E-state index in [1.807, 2.05) is 31.2 Å². The Balaban J connectivity index is 1.86. The molecule has 120 valence electrons. The Labute approximate surface area is 139 Å². The van der Waals surface area contributed by atoms with Gasteiger partial charge in [0.15, 0.2) is 0 Å². The lowest BCUT2D eigenvalue weighted by Gasteiger charge is -2.09. The summed E-state index contributed by atoms with van der Waals surface area (Å²) in [6.45, 7) is 1.98. The van der Waals surface area contributed by atoms with Gasteiger partial charge >= 0.3 is 0 Å². The lowest BCUT2D eigenvalue weighted by Crippen LogP contribution is -2.13. The van der Waals surface area contributed by atoms with E-state index in [4.69, 9.17) is 0 Å². The van der Waals surface area contributed by atoms with E-state index in [0.29, 0.717) is 5.56 Å². The SMILES string of the molecule is Cc1ccc(-c2ccc(C(=O)Nc3ccccc3O)c(F)c2)cc1. The first-order valence-electron chi connectivity index (χ1n) is 7.50. The van der Waals surface area contributed by atoms with E-state index in [9.17, 15) is 14.3 Å². The Morgan fingerprint density at radius 3 is 2.29 bits per heavy atom. The van der Waals surface area contributed by atoms with Crippen LogP contribution < -0.4 is 5.32 Å². The zero-order valence-corrected chi connectivity index (χ0v) is 13.1. The van der Waals surface area contributed by atoms with Crippen LogP contribution in [0, 0.1) is 12.7 Å². The molecule has 0 aliphatic rings. The number of para-hydroxylation sites is 2. The number of carbonyl (C=O) groups is 1. The molecule has 0 atom stereocenters. The van der Waals surface area contributed by atoms with Gasteiger partial charge in [-0.3, -0.25) is 4.79 Å². The standard InChI is InChI=1S/C20H16FNO2/c1-13-6-8-14(9-7-13)15-10-11-16(17(21)12-15)20(24)22-18-4-2-3-5-19(18)23/h2-12,23H,1H3,(H,22,24). The largest absolute Gasteiger partial charge is 0.506 e. The number of phenols is 1. The number of benzene rings is 3. The zero-order valence-electron chi connectivity index (χ0n) is 13.1. The Hall–Kier alpha value is -3.14. The average molecular weight is 321 g/mol. The molecular formula is C20H16FNO2. The number of anilines is 1. The summed E-state index contributed by atoms with van der Waals surface area (Å²) in [5.74, 6) is -1.28. The van der Waals surface area contributed by atoms with Gasteiger partial charge in [-0.1, -0.05) is 48.0 Å². The summed E-state index contributed by atoms with van der Waals surface area (Å²) in [6, 6.07) is 18.5. The van der Waals surface area contributed by atoms with Crippen LogP contribution in [0.3, 0.4) is 0 Å². The maximum Gasteiger partial charge on any atom is 0.258 e. The van der Waals surface area contributed by atoms with E-state index in [-0.39, 0.29) is 17.0 Å². The van der Waals surface area contributed by atoms with Crippen LogP contribution in [0.25, 0.3) is 11.1 Å². The molecule has 0 aliphatic carbocycles. The molecule has 0 spiro atoms. The molecule has 0 radical (unpaired) electrons. The number of nitrogens with one attached hydrogen (secondary N) is 1. The van der Waals surface area contributed by atoms with Crippen molar-refractivity contribution in [2.45, 2.75) is 6.92 Å². The predicted molar refractivity (Wildman–Crippen MR) is 92.6 cm³/mol. The summed E-state index contributed by atoms with van der Waals surface area (Å²) in [6.07, 6.45) is 0. The summed E-state index contributed by atoms with van der Waals surface area (Å²) in [4.78, 5) is 12.2. The molecule has 3 aromatic rings. The van der Waals surface area contributed by atoms with E-state index in [2.05, 4.69) is 5.32 Å². The van der Waals surface area contributed by atoms with E-state index < -0.39 is 11.7 Å². The van der Waals surface area contributed by atoms with Crippen LogP contribution in [0.15, 0.2) is 66.7 Å². The molecule has 3 aromatic carbocycles.